The van der Waals surface area contributed by atoms with Gasteiger partial charge in [0.1, 0.15) is 6.23 Å². The lowest BCUT2D eigenvalue weighted by Crippen LogP contribution is -2.71. The Balaban J connectivity index is 1.04. The van der Waals surface area contributed by atoms with Gasteiger partial charge in [-0.05, 0) is 70.4 Å². The zero-order chi connectivity index (χ0) is 23.0. The molecule has 0 aromatic carbocycles. The molecule has 3 saturated heterocycles. The Morgan fingerprint density at radius 3 is 2.85 bits per heavy atom. The number of hydrogen-bond donors (Lipinski definition) is 7. The van der Waals surface area contributed by atoms with Crippen LogP contribution in [0.25, 0.3) is 0 Å². The summed E-state index contributed by atoms with van der Waals surface area (Å²) in [6.45, 7) is 2.31. The SMILES string of the molecule is COC1CCC(C2NOC(CCC(=O)NCCCNC3NNC(=O)C4CCCNC34)N2)CC1. The number of hydrazine groups is 1. The lowest BCUT2D eigenvalue weighted by atomic mass is 9.85. The highest BCUT2D eigenvalue weighted by Crippen LogP contribution is 2.29. The minimum atomic E-state index is -0.133. The number of fused-ring (bicyclic) bond motifs is 1. The minimum absolute atomic E-state index is 0.000662. The Bertz CT molecular complexity index is 646. The van der Waals surface area contributed by atoms with Gasteiger partial charge in [-0.25, -0.2) is 5.43 Å². The van der Waals surface area contributed by atoms with Crippen LogP contribution in [0, 0.1) is 11.8 Å². The molecule has 0 bridgehead atoms. The summed E-state index contributed by atoms with van der Waals surface area (Å²) in [6.07, 6.45) is 8.66. The molecule has 0 radical (unpaired) electrons. The molecule has 11 nitrogen and oxygen atoms in total. The number of methoxy groups -OCH3 is 1. The highest BCUT2D eigenvalue weighted by molar-refractivity contribution is 5.80. The van der Waals surface area contributed by atoms with Gasteiger partial charge >= 0.3 is 0 Å². The Kier molecular flexibility index (Phi) is 9.30. The van der Waals surface area contributed by atoms with E-state index in [4.69, 9.17) is 9.57 Å². The number of hydrogen-bond acceptors (Lipinski definition) is 9. The molecule has 4 rings (SSSR count). The van der Waals surface area contributed by atoms with Crippen LogP contribution in [-0.4, -0.2) is 69.3 Å². The Morgan fingerprint density at radius 1 is 1.18 bits per heavy atom. The molecule has 3 heterocycles. The molecule has 5 atom stereocenters. The van der Waals surface area contributed by atoms with Crippen LogP contribution in [0.1, 0.15) is 57.8 Å². The molecule has 0 aromatic heterocycles. The van der Waals surface area contributed by atoms with Crippen LogP contribution in [-0.2, 0) is 19.2 Å². The average molecular weight is 468 g/mol. The van der Waals surface area contributed by atoms with Gasteiger partial charge in [0.05, 0.1) is 24.4 Å². The van der Waals surface area contributed by atoms with E-state index < -0.39 is 0 Å². The molecule has 4 aliphatic rings. The van der Waals surface area contributed by atoms with Crippen molar-refractivity contribution in [3.8, 4) is 0 Å². The monoisotopic (exact) mass is 467 g/mol. The average Bonchev–Trinajstić information content (AvgIpc) is 3.33. The van der Waals surface area contributed by atoms with Gasteiger partial charge in [0.25, 0.3) is 0 Å². The van der Waals surface area contributed by atoms with Crippen LogP contribution in [0.4, 0.5) is 0 Å². The molecule has 1 saturated carbocycles. The third-order valence-electron chi connectivity index (χ3n) is 7.45. The summed E-state index contributed by atoms with van der Waals surface area (Å²) in [5.74, 6) is 0.659. The molecule has 1 aliphatic carbocycles. The molecule has 0 aromatic rings. The van der Waals surface area contributed by atoms with Crippen LogP contribution in [0.15, 0.2) is 0 Å². The molecule has 5 unspecified atom stereocenters. The van der Waals surface area contributed by atoms with Crippen LogP contribution >= 0.6 is 0 Å². The highest BCUT2D eigenvalue weighted by atomic mass is 16.7. The van der Waals surface area contributed by atoms with Crippen molar-refractivity contribution in [2.75, 3.05) is 26.7 Å². The number of rotatable bonds is 10. The molecule has 3 aliphatic heterocycles. The van der Waals surface area contributed by atoms with Gasteiger partial charge in [0.2, 0.25) is 11.8 Å². The lowest BCUT2D eigenvalue weighted by Gasteiger charge is -2.42. The highest BCUT2D eigenvalue weighted by Gasteiger charge is 2.39. The standard InChI is InChI=1S/C22H41N7O4/c1-32-15-7-5-14(6-8-15)20-26-18(33-29-20)10-9-17(30)23-12-3-13-25-21-19-16(4-2-11-24-19)22(31)28-27-21/h14-16,18-21,24-27,29H,2-13H2,1H3,(H,23,30)(H,28,31). The van der Waals surface area contributed by atoms with E-state index in [-0.39, 0.29) is 42.3 Å². The van der Waals surface area contributed by atoms with Crippen LogP contribution in [0.5, 0.6) is 0 Å². The van der Waals surface area contributed by atoms with Crippen molar-refractivity contribution in [3.05, 3.63) is 0 Å². The second-order valence-corrected chi connectivity index (χ2v) is 9.68. The van der Waals surface area contributed by atoms with Crippen LogP contribution < -0.4 is 37.6 Å². The van der Waals surface area contributed by atoms with Gasteiger partial charge in [0, 0.05) is 26.1 Å². The van der Waals surface area contributed by atoms with Crippen LogP contribution in [0.3, 0.4) is 0 Å². The van der Waals surface area contributed by atoms with Crippen molar-refractivity contribution in [2.24, 2.45) is 11.8 Å². The number of hydroxylamine groups is 1. The number of carbonyl (C=O) groups excluding carboxylic acids is 2. The Morgan fingerprint density at radius 2 is 2.03 bits per heavy atom. The van der Waals surface area contributed by atoms with Crippen molar-refractivity contribution < 1.29 is 19.2 Å². The summed E-state index contributed by atoms with van der Waals surface area (Å²) in [4.78, 5) is 29.9. The Hall–Kier alpha value is -1.34. The lowest BCUT2D eigenvalue weighted by molar-refractivity contribution is -0.131. The number of amides is 2. The summed E-state index contributed by atoms with van der Waals surface area (Å²) in [7, 11) is 1.79. The second kappa shape index (κ2) is 12.4. The van der Waals surface area contributed by atoms with E-state index in [1.54, 1.807) is 7.11 Å². The maximum atomic E-state index is 12.2. The maximum Gasteiger partial charge on any atom is 0.238 e. The maximum absolute atomic E-state index is 12.2. The quantitative estimate of drug-likeness (QED) is 0.205. The van der Waals surface area contributed by atoms with Gasteiger partial charge in [-0.1, -0.05) is 0 Å². The third-order valence-corrected chi connectivity index (χ3v) is 7.45. The normalized spacial score (nSPS) is 36.8. The predicted octanol–water partition coefficient (Wildman–Crippen LogP) is -0.827. The molecule has 4 fully saturated rings. The number of carbonyl (C=O) groups is 2. The minimum Gasteiger partial charge on any atom is -0.381 e. The van der Waals surface area contributed by atoms with Gasteiger partial charge < -0.3 is 15.4 Å². The predicted molar refractivity (Wildman–Crippen MR) is 122 cm³/mol. The number of nitrogens with one attached hydrogen (secondary N) is 7. The smallest absolute Gasteiger partial charge is 0.238 e. The topological polar surface area (TPSA) is 137 Å². The second-order valence-electron chi connectivity index (χ2n) is 9.68. The van der Waals surface area contributed by atoms with Gasteiger partial charge in [-0.2, -0.15) is 5.48 Å². The molecular formula is C22H41N7O4. The molecule has 11 heteroatoms. The van der Waals surface area contributed by atoms with Gasteiger partial charge in [0.15, 0.2) is 0 Å². The largest absolute Gasteiger partial charge is 0.381 e. The first kappa shape index (κ1) is 24.8. The van der Waals surface area contributed by atoms with E-state index in [1.165, 1.54) is 0 Å². The fourth-order valence-electron chi connectivity index (χ4n) is 5.45. The first-order valence-electron chi connectivity index (χ1n) is 12.6. The van der Waals surface area contributed by atoms with E-state index >= 15 is 0 Å². The van der Waals surface area contributed by atoms with Gasteiger partial charge in [-0.3, -0.25) is 30.5 Å². The fraction of sp³-hybridized carbons (Fsp3) is 0.909. The molecule has 33 heavy (non-hydrogen) atoms. The Labute approximate surface area is 196 Å². The third kappa shape index (κ3) is 6.84. The first-order chi connectivity index (χ1) is 16.1. The van der Waals surface area contributed by atoms with Crippen molar-refractivity contribution in [3.63, 3.8) is 0 Å². The van der Waals surface area contributed by atoms with Crippen molar-refractivity contribution in [1.29, 1.82) is 0 Å². The zero-order valence-electron chi connectivity index (χ0n) is 19.7. The van der Waals surface area contributed by atoms with Crippen LogP contribution in [0.2, 0.25) is 0 Å². The van der Waals surface area contributed by atoms with E-state index in [9.17, 15) is 9.59 Å². The van der Waals surface area contributed by atoms with E-state index in [1.807, 2.05) is 0 Å². The van der Waals surface area contributed by atoms with E-state index in [2.05, 4.69) is 37.6 Å². The molecular weight excluding hydrogens is 426 g/mol. The van der Waals surface area contributed by atoms with Crippen molar-refractivity contribution in [2.45, 2.75) is 88.5 Å². The summed E-state index contributed by atoms with van der Waals surface area (Å²) >= 11 is 0. The zero-order valence-corrected chi connectivity index (χ0v) is 19.7. The molecule has 188 valence electrons. The van der Waals surface area contributed by atoms with Crippen molar-refractivity contribution >= 4 is 11.8 Å². The summed E-state index contributed by atoms with van der Waals surface area (Å²) in [5, 5.41) is 13.4. The summed E-state index contributed by atoms with van der Waals surface area (Å²) in [5.41, 5.74) is 8.95. The molecule has 2 amide bonds. The van der Waals surface area contributed by atoms with Gasteiger partial charge in [-0.15, -0.1) is 0 Å². The number of ether oxygens (including phenoxy) is 1. The van der Waals surface area contributed by atoms with E-state index in [0.29, 0.717) is 31.4 Å². The summed E-state index contributed by atoms with van der Waals surface area (Å²) in [6, 6.07) is 0.105. The fourth-order valence-corrected chi connectivity index (χ4v) is 5.45. The van der Waals surface area contributed by atoms with E-state index in [0.717, 1.165) is 58.0 Å². The summed E-state index contributed by atoms with van der Waals surface area (Å²) < 4.78 is 5.45. The number of piperidine rings is 1. The van der Waals surface area contributed by atoms with Crippen molar-refractivity contribution in [1.82, 2.24) is 37.6 Å². The molecule has 0 spiro atoms. The molecule has 7 N–H and O–H groups in total. The first-order valence-corrected chi connectivity index (χ1v) is 12.6.